The number of nitrogens with one attached hydrogen (secondary N) is 1. The third-order valence-corrected chi connectivity index (χ3v) is 2.94. The fourth-order valence-corrected chi connectivity index (χ4v) is 1.58. The number of rotatable bonds is 6. The Balaban J connectivity index is 2.28. The minimum Gasteiger partial charge on any atom is -0.392 e. The van der Waals surface area contributed by atoms with Crippen LogP contribution in [0.1, 0.15) is 32.3 Å². The van der Waals surface area contributed by atoms with Gasteiger partial charge in [-0.3, -0.25) is 0 Å². The molecule has 0 aliphatic rings. The molecule has 0 spiro atoms. The topological polar surface area (TPSA) is 32.3 Å². The van der Waals surface area contributed by atoms with Gasteiger partial charge in [-0.1, -0.05) is 51.1 Å². The van der Waals surface area contributed by atoms with Crippen LogP contribution in [0.25, 0.3) is 0 Å². The van der Waals surface area contributed by atoms with Crippen molar-refractivity contribution in [1.29, 1.82) is 0 Å². The zero-order valence-corrected chi connectivity index (χ0v) is 10.5. The van der Waals surface area contributed by atoms with Gasteiger partial charge in [0.1, 0.15) is 0 Å². The van der Waals surface area contributed by atoms with Crippen LogP contribution in [0.5, 0.6) is 0 Å². The molecule has 0 unspecified atom stereocenters. The molecule has 0 fully saturated rings. The van der Waals surface area contributed by atoms with E-state index in [1.54, 1.807) is 0 Å². The van der Waals surface area contributed by atoms with Crippen molar-refractivity contribution in [3.05, 3.63) is 35.9 Å². The van der Waals surface area contributed by atoms with E-state index >= 15 is 0 Å². The third-order valence-electron chi connectivity index (χ3n) is 2.94. The fourth-order valence-electron chi connectivity index (χ4n) is 1.58. The lowest BCUT2D eigenvalue weighted by Gasteiger charge is -2.17. The molecule has 1 aromatic rings. The summed E-state index contributed by atoms with van der Waals surface area (Å²) in [7, 11) is 0. The monoisotopic (exact) mass is 221 g/mol. The lowest BCUT2D eigenvalue weighted by atomic mass is 10.0. The number of benzene rings is 1. The molecule has 1 rings (SSSR count). The molecule has 0 aliphatic heterocycles. The van der Waals surface area contributed by atoms with Crippen molar-refractivity contribution in [2.45, 2.75) is 32.8 Å². The van der Waals surface area contributed by atoms with Gasteiger partial charge in [0.05, 0.1) is 6.10 Å². The van der Waals surface area contributed by atoms with Gasteiger partial charge in [-0.15, -0.1) is 0 Å². The zero-order valence-electron chi connectivity index (χ0n) is 10.5. The van der Waals surface area contributed by atoms with Gasteiger partial charge in [-0.05, 0) is 17.4 Å². The van der Waals surface area contributed by atoms with Crippen LogP contribution in [-0.4, -0.2) is 24.3 Å². The van der Waals surface area contributed by atoms with E-state index in [-0.39, 0.29) is 6.10 Å². The normalized spacial score (nSPS) is 15.1. The van der Waals surface area contributed by atoms with E-state index in [9.17, 15) is 5.11 Å². The summed E-state index contributed by atoms with van der Waals surface area (Å²) in [5.74, 6) is 0.806. The maximum Gasteiger partial charge on any atom is 0.0687 e. The second-order valence-corrected chi connectivity index (χ2v) is 4.78. The highest BCUT2D eigenvalue weighted by atomic mass is 16.3. The van der Waals surface area contributed by atoms with E-state index in [0.29, 0.717) is 18.4 Å². The van der Waals surface area contributed by atoms with Crippen molar-refractivity contribution in [2.24, 2.45) is 5.92 Å². The molecule has 16 heavy (non-hydrogen) atoms. The summed E-state index contributed by atoms with van der Waals surface area (Å²) in [6.45, 7) is 7.85. The first-order valence-corrected chi connectivity index (χ1v) is 6.05. The van der Waals surface area contributed by atoms with Gasteiger partial charge in [0, 0.05) is 13.1 Å². The SMILES string of the molecule is CC(C)[C@@H](O)CNC[C@@H](C)c1ccccc1. The lowest BCUT2D eigenvalue weighted by molar-refractivity contribution is 0.123. The first kappa shape index (κ1) is 13.2. The van der Waals surface area contributed by atoms with Crippen LogP contribution < -0.4 is 5.32 Å². The summed E-state index contributed by atoms with van der Waals surface area (Å²) in [6, 6.07) is 10.5. The number of hydrogen-bond donors (Lipinski definition) is 2. The van der Waals surface area contributed by atoms with Crippen LogP contribution in [0.15, 0.2) is 30.3 Å². The molecule has 0 saturated heterocycles. The highest BCUT2D eigenvalue weighted by Gasteiger charge is 2.09. The molecule has 0 aliphatic carbocycles. The van der Waals surface area contributed by atoms with Gasteiger partial charge in [-0.25, -0.2) is 0 Å². The van der Waals surface area contributed by atoms with Gasteiger partial charge in [0.15, 0.2) is 0 Å². The second-order valence-electron chi connectivity index (χ2n) is 4.78. The number of aliphatic hydroxyl groups excluding tert-OH is 1. The molecular formula is C14H23NO. The Morgan fingerprint density at radius 2 is 1.69 bits per heavy atom. The second kappa shape index (κ2) is 6.66. The summed E-state index contributed by atoms with van der Waals surface area (Å²) < 4.78 is 0. The highest BCUT2D eigenvalue weighted by molar-refractivity contribution is 5.18. The Morgan fingerprint density at radius 3 is 2.25 bits per heavy atom. The van der Waals surface area contributed by atoms with E-state index in [0.717, 1.165) is 6.54 Å². The summed E-state index contributed by atoms with van der Waals surface area (Å²) >= 11 is 0. The van der Waals surface area contributed by atoms with Crippen LogP contribution >= 0.6 is 0 Å². The Bertz CT molecular complexity index is 284. The Hall–Kier alpha value is -0.860. The summed E-state index contributed by atoms with van der Waals surface area (Å²) in [5, 5.41) is 13.0. The molecule has 0 amide bonds. The van der Waals surface area contributed by atoms with Crippen molar-refractivity contribution < 1.29 is 5.11 Å². The molecule has 0 saturated carbocycles. The smallest absolute Gasteiger partial charge is 0.0687 e. The third kappa shape index (κ3) is 4.33. The largest absolute Gasteiger partial charge is 0.392 e. The molecule has 2 N–H and O–H groups in total. The summed E-state index contributed by atoms with van der Waals surface area (Å²) in [5.41, 5.74) is 1.34. The highest BCUT2D eigenvalue weighted by Crippen LogP contribution is 2.13. The van der Waals surface area contributed by atoms with Crippen molar-refractivity contribution in [1.82, 2.24) is 5.32 Å². The van der Waals surface area contributed by atoms with Gasteiger partial charge < -0.3 is 10.4 Å². The van der Waals surface area contributed by atoms with Crippen molar-refractivity contribution in [3.63, 3.8) is 0 Å². The maximum atomic E-state index is 9.65. The standard InChI is InChI=1S/C14H23NO/c1-11(2)14(16)10-15-9-12(3)13-7-5-4-6-8-13/h4-8,11-12,14-16H,9-10H2,1-3H3/t12-,14+/m1/s1. The molecule has 0 radical (unpaired) electrons. The minimum absolute atomic E-state index is 0.247. The average Bonchev–Trinajstić information content (AvgIpc) is 2.29. The molecular weight excluding hydrogens is 198 g/mol. The Morgan fingerprint density at radius 1 is 1.06 bits per heavy atom. The average molecular weight is 221 g/mol. The Kier molecular flexibility index (Phi) is 5.50. The van der Waals surface area contributed by atoms with E-state index in [1.807, 2.05) is 19.9 Å². The molecule has 2 nitrogen and oxygen atoms in total. The predicted molar refractivity (Wildman–Crippen MR) is 68.6 cm³/mol. The number of aliphatic hydroxyl groups is 1. The molecule has 90 valence electrons. The molecule has 0 heterocycles. The van der Waals surface area contributed by atoms with Gasteiger partial charge in [0.25, 0.3) is 0 Å². The van der Waals surface area contributed by atoms with Crippen LogP contribution in [0, 0.1) is 5.92 Å². The first-order valence-electron chi connectivity index (χ1n) is 6.05. The molecule has 1 aromatic carbocycles. The van der Waals surface area contributed by atoms with Crippen LogP contribution in [-0.2, 0) is 0 Å². The van der Waals surface area contributed by atoms with Gasteiger partial charge >= 0.3 is 0 Å². The van der Waals surface area contributed by atoms with E-state index in [4.69, 9.17) is 0 Å². The Labute approximate surface area is 98.7 Å². The first-order chi connectivity index (χ1) is 7.61. The zero-order chi connectivity index (χ0) is 12.0. The van der Waals surface area contributed by atoms with Crippen LogP contribution in [0.3, 0.4) is 0 Å². The van der Waals surface area contributed by atoms with Crippen LogP contribution in [0.2, 0.25) is 0 Å². The van der Waals surface area contributed by atoms with Crippen molar-refractivity contribution in [3.8, 4) is 0 Å². The predicted octanol–water partition coefficient (Wildman–Crippen LogP) is 2.40. The van der Waals surface area contributed by atoms with E-state index < -0.39 is 0 Å². The molecule has 2 atom stereocenters. The van der Waals surface area contributed by atoms with Crippen LogP contribution in [0.4, 0.5) is 0 Å². The summed E-state index contributed by atoms with van der Waals surface area (Å²) in [4.78, 5) is 0. The van der Waals surface area contributed by atoms with Gasteiger partial charge in [-0.2, -0.15) is 0 Å². The van der Waals surface area contributed by atoms with E-state index in [2.05, 4.69) is 36.5 Å². The lowest BCUT2D eigenvalue weighted by Crippen LogP contribution is -2.32. The molecule has 0 bridgehead atoms. The van der Waals surface area contributed by atoms with Crippen molar-refractivity contribution >= 4 is 0 Å². The minimum atomic E-state index is -0.247. The van der Waals surface area contributed by atoms with Gasteiger partial charge in [0.2, 0.25) is 0 Å². The maximum absolute atomic E-state index is 9.65. The van der Waals surface area contributed by atoms with Crippen molar-refractivity contribution in [2.75, 3.05) is 13.1 Å². The number of hydrogen-bond acceptors (Lipinski definition) is 2. The fraction of sp³-hybridized carbons (Fsp3) is 0.571. The summed E-state index contributed by atoms with van der Waals surface area (Å²) in [6.07, 6.45) is -0.247. The quantitative estimate of drug-likeness (QED) is 0.773. The molecule has 2 heteroatoms. The van der Waals surface area contributed by atoms with E-state index in [1.165, 1.54) is 5.56 Å². The molecule has 0 aromatic heterocycles.